The van der Waals surface area contributed by atoms with Gasteiger partial charge in [-0.3, -0.25) is 4.98 Å². The van der Waals surface area contributed by atoms with Crippen LogP contribution in [0.5, 0.6) is 0 Å². The van der Waals surface area contributed by atoms with E-state index in [2.05, 4.69) is 11.1 Å². The first kappa shape index (κ1) is 8.33. The molecule has 0 atom stereocenters. The van der Waals surface area contributed by atoms with E-state index in [4.69, 9.17) is 0 Å². The molecule has 0 aliphatic rings. The predicted octanol–water partition coefficient (Wildman–Crippen LogP) is -0.961. The molecule has 0 saturated carbocycles. The van der Waals surface area contributed by atoms with Gasteiger partial charge in [-0.15, -0.1) is 10.8 Å². The molecule has 2 aromatic rings. The van der Waals surface area contributed by atoms with E-state index in [1.807, 2.05) is 30.5 Å². The predicted molar refractivity (Wildman–Crippen MR) is 40.6 cm³/mol. The smallest absolute Gasteiger partial charge is 0.277 e. The SMILES string of the molecule is [Li+].[c-]1ccc2ccncc2c1. The van der Waals surface area contributed by atoms with Crippen molar-refractivity contribution >= 4 is 10.8 Å². The number of nitrogens with zero attached hydrogens (tertiary/aromatic N) is 1. The van der Waals surface area contributed by atoms with Crippen LogP contribution >= 0.6 is 0 Å². The number of hydrogen-bond acceptors (Lipinski definition) is 1. The van der Waals surface area contributed by atoms with Crippen LogP contribution in [0, 0.1) is 6.07 Å². The third kappa shape index (κ3) is 1.62. The molecule has 11 heavy (non-hydrogen) atoms. The fourth-order valence-corrected chi connectivity index (χ4v) is 0.966. The molecule has 0 amide bonds. The molecule has 0 unspecified atom stereocenters. The summed E-state index contributed by atoms with van der Waals surface area (Å²) in [5.41, 5.74) is 0. The Bertz CT molecular complexity index is 281. The zero-order valence-electron chi connectivity index (χ0n) is 6.41. The first-order valence-corrected chi connectivity index (χ1v) is 3.17. The van der Waals surface area contributed by atoms with Crippen molar-refractivity contribution in [1.82, 2.24) is 4.98 Å². The van der Waals surface area contributed by atoms with E-state index in [1.165, 1.54) is 5.39 Å². The number of rotatable bonds is 0. The van der Waals surface area contributed by atoms with Gasteiger partial charge in [0, 0.05) is 6.20 Å². The molecule has 0 spiro atoms. The Morgan fingerprint density at radius 2 is 2.09 bits per heavy atom. The van der Waals surface area contributed by atoms with Gasteiger partial charge in [-0.05, 0) is 6.20 Å². The van der Waals surface area contributed by atoms with Crippen LogP contribution in [0.25, 0.3) is 10.8 Å². The van der Waals surface area contributed by atoms with Crippen LogP contribution in [0.15, 0.2) is 36.7 Å². The number of aromatic nitrogens is 1. The summed E-state index contributed by atoms with van der Waals surface area (Å²) in [5, 5.41) is 2.36. The second-order valence-corrected chi connectivity index (χ2v) is 2.15. The molecule has 48 valence electrons. The first-order valence-electron chi connectivity index (χ1n) is 3.17. The molecule has 1 heterocycles. The largest absolute Gasteiger partial charge is 1.00 e. The van der Waals surface area contributed by atoms with Crippen molar-refractivity contribution in [2.75, 3.05) is 0 Å². The molecule has 2 heteroatoms. The molecule has 1 aromatic heterocycles. The zero-order chi connectivity index (χ0) is 6.81. The van der Waals surface area contributed by atoms with Gasteiger partial charge in [-0.2, -0.15) is 24.3 Å². The summed E-state index contributed by atoms with van der Waals surface area (Å²) in [5.74, 6) is 0. The van der Waals surface area contributed by atoms with Crippen LogP contribution < -0.4 is 18.9 Å². The molecule has 0 fully saturated rings. The van der Waals surface area contributed by atoms with E-state index in [1.54, 1.807) is 6.20 Å². The third-order valence-corrected chi connectivity index (χ3v) is 1.49. The normalized spacial score (nSPS) is 9.09. The van der Waals surface area contributed by atoms with Crippen LogP contribution in [0.2, 0.25) is 0 Å². The second-order valence-electron chi connectivity index (χ2n) is 2.15. The molecule has 0 radical (unpaired) electrons. The number of benzene rings is 1. The summed E-state index contributed by atoms with van der Waals surface area (Å²) in [4.78, 5) is 3.99. The quantitative estimate of drug-likeness (QED) is 0.335. The molecule has 1 aromatic carbocycles. The maximum atomic E-state index is 3.99. The Morgan fingerprint density at radius 1 is 1.18 bits per heavy atom. The minimum atomic E-state index is 0. The summed E-state index contributed by atoms with van der Waals surface area (Å²) < 4.78 is 0. The number of hydrogen-bond donors (Lipinski definition) is 0. The standard InChI is InChI=1S/C9H6N.Li/c1-2-4-9-7-10-6-5-8(9)3-1;/h1,3-7H;/q-1;+1. The Morgan fingerprint density at radius 3 is 2.91 bits per heavy atom. The fourth-order valence-electron chi connectivity index (χ4n) is 0.966. The summed E-state index contributed by atoms with van der Waals surface area (Å²) >= 11 is 0. The van der Waals surface area contributed by atoms with Crippen molar-refractivity contribution in [3.8, 4) is 0 Å². The zero-order valence-corrected chi connectivity index (χ0v) is 6.41. The minimum Gasteiger partial charge on any atom is -0.277 e. The molecular weight excluding hydrogens is 129 g/mol. The molecule has 0 bridgehead atoms. The molecular formula is C9H6LiN. The molecule has 2 rings (SSSR count). The van der Waals surface area contributed by atoms with Gasteiger partial charge in [0.2, 0.25) is 0 Å². The van der Waals surface area contributed by atoms with Crippen molar-refractivity contribution in [3.63, 3.8) is 0 Å². The second kappa shape index (κ2) is 3.57. The average Bonchev–Trinajstić information content (AvgIpc) is 2.05. The van der Waals surface area contributed by atoms with Crippen molar-refractivity contribution in [2.24, 2.45) is 0 Å². The average molecular weight is 135 g/mol. The minimum absolute atomic E-state index is 0. The summed E-state index contributed by atoms with van der Waals surface area (Å²) in [6, 6.07) is 10.8. The van der Waals surface area contributed by atoms with Crippen LogP contribution in [-0.4, -0.2) is 4.98 Å². The molecule has 0 aliphatic carbocycles. The van der Waals surface area contributed by atoms with Gasteiger partial charge >= 0.3 is 18.9 Å². The summed E-state index contributed by atoms with van der Waals surface area (Å²) in [6.07, 6.45) is 3.63. The van der Waals surface area contributed by atoms with Crippen molar-refractivity contribution in [2.45, 2.75) is 0 Å². The Hall–Kier alpha value is -0.773. The van der Waals surface area contributed by atoms with Gasteiger partial charge < -0.3 is 0 Å². The van der Waals surface area contributed by atoms with Crippen LogP contribution in [0.3, 0.4) is 0 Å². The van der Waals surface area contributed by atoms with Crippen molar-refractivity contribution in [3.05, 3.63) is 42.7 Å². The maximum Gasteiger partial charge on any atom is 1.00 e. The van der Waals surface area contributed by atoms with Crippen molar-refractivity contribution in [1.29, 1.82) is 0 Å². The van der Waals surface area contributed by atoms with Gasteiger partial charge in [-0.25, -0.2) is 0 Å². The van der Waals surface area contributed by atoms with Gasteiger partial charge in [0.05, 0.1) is 0 Å². The van der Waals surface area contributed by atoms with Gasteiger partial charge in [0.25, 0.3) is 0 Å². The molecule has 0 aliphatic heterocycles. The van der Waals surface area contributed by atoms with Crippen molar-refractivity contribution < 1.29 is 18.9 Å². The van der Waals surface area contributed by atoms with Gasteiger partial charge in [-0.1, -0.05) is 6.07 Å². The summed E-state index contributed by atoms with van der Waals surface area (Å²) in [7, 11) is 0. The Balaban J connectivity index is 0.000000605. The Kier molecular flexibility index (Phi) is 2.70. The Labute approximate surface area is 77.6 Å². The van der Waals surface area contributed by atoms with Crippen LogP contribution in [-0.2, 0) is 0 Å². The van der Waals surface area contributed by atoms with Crippen LogP contribution in [0.1, 0.15) is 0 Å². The first-order chi connectivity index (χ1) is 4.97. The molecule has 0 N–H and O–H groups in total. The van der Waals surface area contributed by atoms with E-state index in [0.29, 0.717) is 0 Å². The number of fused-ring (bicyclic) bond motifs is 1. The topological polar surface area (TPSA) is 12.9 Å². The number of pyridine rings is 1. The van der Waals surface area contributed by atoms with Gasteiger partial charge in [0.1, 0.15) is 0 Å². The van der Waals surface area contributed by atoms with E-state index >= 15 is 0 Å². The summed E-state index contributed by atoms with van der Waals surface area (Å²) in [6.45, 7) is 0. The van der Waals surface area contributed by atoms with Gasteiger partial charge in [0.15, 0.2) is 0 Å². The molecule has 0 saturated heterocycles. The monoisotopic (exact) mass is 135 g/mol. The van der Waals surface area contributed by atoms with E-state index in [0.717, 1.165) is 5.39 Å². The maximum absolute atomic E-state index is 3.99. The fraction of sp³-hybridized carbons (Fsp3) is 0. The van der Waals surface area contributed by atoms with E-state index in [-0.39, 0.29) is 18.9 Å². The van der Waals surface area contributed by atoms with E-state index in [9.17, 15) is 0 Å². The molecule has 1 nitrogen and oxygen atoms in total. The third-order valence-electron chi connectivity index (χ3n) is 1.49. The van der Waals surface area contributed by atoms with Crippen LogP contribution in [0.4, 0.5) is 0 Å². The van der Waals surface area contributed by atoms with E-state index < -0.39 is 0 Å².